The lowest BCUT2D eigenvalue weighted by Crippen LogP contribution is -2.54. The highest BCUT2D eigenvalue weighted by Crippen LogP contribution is 2.24. The van der Waals surface area contributed by atoms with Gasteiger partial charge in [0, 0.05) is 40.6 Å². The molecule has 190 valence electrons. The van der Waals surface area contributed by atoms with E-state index in [9.17, 15) is 9.59 Å². The van der Waals surface area contributed by atoms with Crippen molar-refractivity contribution in [3.05, 3.63) is 101 Å². The molecule has 0 aromatic heterocycles. The molecule has 0 spiro atoms. The maximum absolute atomic E-state index is 13.7. The molecular formula is C30H35ClN2O2S. The van der Waals surface area contributed by atoms with Crippen molar-refractivity contribution < 1.29 is 9.59 Å². The molecule has 0 aliphatic carbocycles. The monoisotopic (exact) mass is 522 g/mol. The molecular weight excluding hydrogens is 488 g/mol. The predicted octanol–water partition coefficient (Wildman–Crippen LogP) is 6.69. The van der Waals surface area contributed by atoms with E-state index in [1.165, 1.54) is 5.56 Å². The number of carbonyl (C=O) groups is 2. The third-order valence-corrected chi connectivity index (χ3v) is 7.06. The molecule has 0 aliphatic rings. The van der Waals surface area contributed by atoms with Gasteiger partial charge in [-0.15, -0.1) is 11.8 Å². The maximum Gasteiger partial charge on any atom is 0.243 e. The predicted molar refractivity (Wildman–Crippen MR) is 150 cm³/mol. The standard InChI is InChI=1S/C30H35ClN2O2S/c1-22-14-16-25(17-15-22)36-19-18-28(34)33(21-24-12-8-9-13-26(24)31)27(29(35)32-30(2,3)4)20-23-10-6-5-7-11-23/h5-17,27H,18-21H2,1-4H3,(H,32,35)/t27-/m1/s1. The van der Waals surface area contributed by atoms with Gasteiger partial charge in [0.15, 0.2) is 0 Å². The Bertz CT molecular complexity index is 1140. The first-order valence-corrected chi connectivity index (χ1v) is 13.6. The molecule has 0 bridgehead atoms. The van der Waals surface area contributed by atoms with Crippen LogP contribution in [0, 0.1) is 6.92 Å². The number of hydrogen-bond donors (Lipinski definition) is 1. The molecule has 0 saturated heterocycles. The molecule has 3 aromatic carbocycles. The van der Waals surface area contributed by atoms with Crippen molar-refractivity contribution in [1.82, 2.24) is 10.2 Å². The van der Waals surface area contributed by atoms with Crippen LogP contribution < -0.4 is 5.32 Å². The molecule has 4 nitrogen and oxygen atoms in total. The Labute approximate surface area is 224 Å². The summed E-state index contributed by atoms with van der Waals surface area (Å²) in [6, 6.07) is 24.9. The third kappa shape index (κ3) is 8.72. The number of benzene rings is 3. The second-order valence-corrected chi connectivity index (χ2v) is 11.5. The van der Waals surface area contributed by atoms with Gasteiger partial charge in [0.2, 0.25) is 11.8 Å². The van der Waals surface area contributed by atoms with Crippen LogP contribution in [0.25, 0.3) is 0 Å². The molecule has 0 saturated carbocycles. The van der Waals surface area contributed by atoms with Crippen molar-refractivity contribution in [2.24, 2.45) is 0 Å². The SMILES string of the molecule is Cc1ccc(SCCC(=O)N(Cc2ccccc2Cl)[C@H](Cc2ccccc2)C(=O)NC(C)(C)C)cc1. The largest absolute Gasteiger partial charge is 0.350 e. The highest BCUT2D eigenvalue weighted by Gasteiger charge is 2.32. The fourth-order valence-electron chi connectivity index (χ4n) is 3.85. The minimum atomic E-state index is -0.667. The van der Waals surface area contributed by atoms with Crippen LogP contribution in [0.3, 0.4) is 0 Å². The van der Waals surface area contributed by atoms with Gasteiger partial charge in [0.1, 0.15) is 6.04 Å². The average Bonchev–Trinajstić information content (AvgIpc) is 2.83. The molecule has 1 atom stereocenters. The summed E-state index contributed by atoms with van der Waals surface area (Å²) >= 11 is 8.12. The molecule has 0 fully saturated rings. The van der Waals surface area contributed by atoms with E-state index in [0.29, 0.717) is 23.6 Å². The van der Waals surface area contributed by atoms with Crippen LogP contribution in [-0.2, 0) is 22.6 Å². The number of carbonyl (C=O) groups excluding carboxylic acids is 2. The first kappa shape index (κ1) is 27.8. The lowest BCUT2D eigenvalue weighted by molar-refractivity contribution is -0.141. The molecule has 2 amide bonds. The van der Waals surface area contributed by atoms with E-state index in [0.717, 1.165) is 16.0 Å². The van der Waals surface area contributed by atoms with Crippen LogP contribution in [0.15, 0.2) is 83.8 Å². The number of nitrogens with one attached hydrogen (secondary N) is 1. The van der Waals surface area contributed by atoms with E-state index in [1.807, 2.05) is 75.4 Å². The fourth-order valence-corrected chi connectivity index (χ4v) is 4.89. The second kappa shape index (κ2) is 13.0. The number of halogens is 1. The fraction of sp³-hybridized carbons (Fsp3) is 0.333. The van der Waals surface area contributed by atoms with Crippen LogP contribution in [0.2, 0.25) is 5.02 Å². The molecule has 6 heteroatoms. The van der Waals surface area contributed by atoms with Gasteiger partial charge in [-0.1, -0.05) is 77.8 Å². The topological polar surface area (TPSA) is 49.4 Å². The molecule has 3 rings (SSSR count). The highest BCUT2D eigenvalue weighted by atomic mass is 35.5. The van der Waals surface area contributed by atoms with Gasteiger partial charge in [0.05, 0.1) is 0 Å². The number of thioether (sulfide) groups is 1. The molecule has 0 aliphatic heterocycles. The maximum atomic E-state index is 13.7. The van der Waals surface area contributed by atoms with Crippen molar-refractivity contribution in [2.75, 3.05) is 5.75 Å². The van der Waals surface area contributed by atoms with Crippen LogP contribution in [0.4, 0.5) is 0 Å². The molecule has 36 heavy (non-hydrogen) atoms. The Kier molecular flexibility index (Phi) is 10.0. The van der Waals surface area contributed by atoms with Gasteiger partial charge in [-0.05, 0) is 57.0 Å². The zero-order valence-electron chi connectivity index (χ0n) is 21.5. The number of hydrogen-bond acceptors (Lipinski definition) is 3. The minimum absolute atomic E-state index is 0.0699. The number of aryl methyl sites for hydroxylation is 1. The van der Waals surface area contributed by atoms with Crippen molar-refractivity contribution in [3.8, 4) is 0 Å². The van der Waals surface area contributed by atoms with Gasteiger partial charge < -0.3 is 10.2 Å². The summed E-state index contributed by atoms with van der Waals surface area (Å²) in [4.78, 5) is 30.1. The van der Waals surface area contributed by atoms with Crippen molar-refractivity contribution in [1.29, 1.82) is 0 Å². The first-order chi connectivity index (χ1) is 17.1. The molecule has 3 aromatic rings. The zero-order chi connectivity index (χ0) is 26.1. The summed E-state index contributed by atoms with van der Waals surface area (Å²) in [6.45, 7) is 8.16. The van der Waals surface area contributed by atoms with Crippen LogP contribution >= 0.6 is 23.4 Å². The molecule has 0 radical (unpaired) electrons. The second-order valence-electron chi connectivity index (χ2n) is 9.97. The normalized spacial score (nSPS) is 12.1. The third-order valence-electron chi connectivity index (χ3n) is 5.67. The Morgan fingerprint density at radius 1 is 0.944 bits per heavy atom. The minimum Gasteiger partial charge on any atom is -0.350 e. The molecule has 0 heterocycles. The van der Waals surface area contributed by atoms with Gasteiger partial charge in [0.25, 0.3) is 0 Å². The van der Waals surface area contributed by atoms with E-state index >= 15 is 0 Å². The van der Waals surface area contributed by atoms with Crippen LogP contribution in [-0.4, -0.2) is 34.0 Å². The van der Waals surface area contributed by atoms with E-state index in [4.69, 9.17) is 11.6 Å². The van der Waals surface area contributed by atoms with Gasteiger partial charge >= 0.3 is 0 Å². The Hall–Kier alpha value is -2.76. The van der Waals surface area contributed by atoms with E-state index in [2.05, 4.69) is 36.5 Å². The summed E-state index contributed by atoms with van der Waals surface area (Å²) in [5.41, 5.74) is 2.60. The zero-order valence-corrected chi connectivity index (χ0v) is 23.0. The summed E-state index contributed by atoms with van der Waals surface area (Å²) in [5.74, 6) is 0.386. The quantitative estimate of drug-likeness (QED) is 0.302. The summed E-state index contributed by atoms with van der Waals surface area (Å²) in [5, 5.41) is 3.67. The van der Waals surface area contributed by atoms with Crippen LogP contribution in [0.1, 0.15) is 43.9 Å². The number of nitrogens with zero attached hydrogens (tertiary/aromatic N) is 1. The van der Waals surface area contributed by atoms with Gasteiger partial charge in [-0.2, -0.15) is 0 Å². The van der Waals surface area contributed by atoms with Crippen molar-refractivity contribution in [2.45, 2.75) is 63.6 Å². The Balaban J connectivity index is 1.87. The lowest BCUT2D eigenvalue weighted by Gasteiger charge is -2.34. The number of amides is 2. The van der Waals surface area contributed by atoms with Gasteiger partial charge in [-0.3, -0.25) is 9.59 Å². The molecule has 1 N–H and O–H groups in total. The van der Waals surface area contributed by atoms with E-state index < -0.39 is 11.6 Å². The van der Waals surface area contributed by atoms with Crippen LogP contribution in [0.5, 0.6) is 0 Å². The smallest absolute Gasteiger partial charge is 0.243 e. The van der Waals surface area contributed by atoms with E-state index in [-0.39, 0.29) is 18.4 Å². The van der Waals surface area contributed by atoms with Crippen molar-refractivity contribution >= 4 is 35.2 Å². The summed E-state index contributed by atoms with van der Waals surface area (Å²) in [6.07, 6.45) is 0.737. The van der Waals surface area contributed by atoms with E-state index in [1.54, 1.807) is 16.7 Å². The Morgan fingerprint density at radius 3 is 2.22 bits per heavy atom. The van der Waals surface area contributed by atoms with Crippen molar-refractivity contribution in [3.63, 3.8) is 0 Å². The average molecular weight is 523 g/mol. The highest BCUT2D eigenvalue weighted by molar-refractivity contribution is 7.99. The lowest BCUT2D eigenvalue weighted by atomic mass is 10.0. The number of rotatable bonds is 10. The summed E-state index contributed by atoms with van der Waals surface area (Å²) < 4.78 is 0. The first-order valence-electron chi connectivity index (χ1n) is 12.2. The summed E-state index contributed by atoms with van der Waals surface area (Å²) in [7, 11) is 0. The Morgan fingerprint density at radius 2 is 1.58 bits per heavy atom. The molecule has 0 unspecified atom stereocenters. The van der Waals surface area contributed by atoms with Gasteiger partial charge in [-0.25, -0.2) is 0 Å².